The number of halogens is 1. The van der Waals surface area contributed by atoms with Crippen molar-refractivity contribution in [1.29, 1.82) is 0 Å². The summed E-state index contributed by atoms with van der Waals surface area (Å²) in [5.74, 6) is -0.432. The number of rotatable bonds is 14. The molecule has 2 heterocycles. The Bertz CT molecular complexity index is 1680. The number of nitrogens with zero attached hydrogens (tertiary/aromatic N) is 1. The van der Waals surface area contributed by atoms with Gasteiger partial charge in [0.25, 0.3) is 15.9 Å². The summed E-state index contributed by atoms with van der Waals surface area (Å²) in [6, 6.07) is 8.38. The fourth-order valence-electron chi connectivity index (χ4n) is 6.49. The second kappa shape index (κ2) is 16.3. The molecular weight excluding hydrogens is 684 g/mol. The third kappa shape index (κ3) is 9.66. The van der Waals surface area contributed by atoms with Crippen LogP contribution in [0.3, 0.4) is 0 Å². The Morgan fingerprint density at radius 2 is 1.84 bits per heavy atom. The minimum atomic E-state index is -4.06. The summed E-state index contributed by atoms with van der Waals surface area (Å²) in [5, 5.41) is 19.8. The number of sulfonamides is 1. The van der Waals surface area contributed by atoms with Gasteiger partial charge in [0.1, 0.15) is 11.4 Å². The van der Waals surface area contributed by atoms with Gasteiger partial charge >= 0.3 is 0 Å². The Labute approximate surface area is 301 Å². The van der Waals surface area contributed by atoms with Crippen LogP contribution in [-0.4, -0.2) is 80.3 Å². The normalized spacial score (nSPS) is 21.0. The van der Waals surface area contributed by atoms with Gasteiger partial charge in [-0.05, 0) is 89.0 Å². The number of benzene rings is 2. The lowest BCUT2D eigenvalue weighted by Crippen LogP contribution is -2.54. The van der Waals surface area contributed by atoms with Crippen LogP contribution in [-0.2, 0) is 37.4 Å². The molecule has 0 aromatic heterocycles. The number of aliphatic hydroxyl groups is 1. The lowest BCUT2D eigenvalue weighted by Gasteiger charge is -2.25. The summed E-state index contributed by atoms with van der Waals surface area (Å²) in [4.78, 5) is 30.4. The lowest BCUT2D eigenvalue weighted by atomic mass is 9.94. The summed E-state index contributed by atoms with van der Waals surface area (Å²) in [5.41, 5.74) is 9.48. The highest BCUT2D eigenvalue weighted by Crippen LogP contribution is 2.43. The van der Waals surface area contributed by atoms with Crippen molar-refractivity contribution in [2.75, 3.05) is 13.1 Å². The van der Waals surface area contributed by atoms with Crippen molar-refractivity contribution >= 4 is 40.2 Å². The summed E-state index contributed by atoms with van der Waals surface area (Å²) >= 11 is 0. The van der Waals surface area contributed by atoms with Gasteiger partial charge in [-0.15, -0.1) is 12.4 Å². The highest BCUT2D eigenvalue weighted by atomic mass is 35.5. The number of fused-ring (bicyclic) bond motifs is 1. The summed E-state index contributed by atoms with van der Waals surface area (Å²) in [6.07, 6.45) is 1.62. The van der Waals surface area contributed by atoms with Gasteiger partial charge < -0.3 is 36.3 Å². The molecule has 3 aliphatic rings. The molecule has 2 aromatic rings. The SMILES string of the molecule is Cc1c(C)c(S(=O)(=O)NC(N)=NCCC[C@H](NC(=O)[C@@H]2C[C@@H](OCc3ccccc3)CN2)C(O)C(=O)NC2CC2)c(C)c2c1OC(C)(C)C2.Cl. The quantitative estimate of drug-likeness (QED) is 0.0959. The average Bonchev–Trinajstić information content (AvgIpc) is 3.61. The number of nitrogens with two attached hydrogens (primary N) is 1. The summed E-state index contributed by atoms with van der Waals surface area (Å²) in [6.45, 7) is 10.3. The van der Waals surface area contributed by atoms with E-state index in [2.05, 4.69) is 25.7 Å². The van der Waals surface area contributed by atoms with E-state index < -0.39 is 39.7 Å². The molecular formula is C35H51ClN6O7S. The molecule has 2 amide bonds. The van der Waals surface area contributed by atoms with E-state index in [-0.39, 0.29) is 54.3 Å². The number of ether oxygens (including phenoxy) is 2. The molecule has 2 aliphatic heterocycles. The van der Waals surface area contributed by atoms with Gasteiger partial charge in [0, 0.05) is 31.1 Å². The first-order valence-corrected chi connectivity index (χ1v) is 18.5. The van der Waals surface area contributed by atoms with Crippen molar-refractivity contribution in [2.45, 2.75) is 121 Å². The maximum atomic E-state index is 13.5. The Morgan fingerprint density at radius 3 is 2.52 bits per heavy atom. The molecule has 1 aliphatic carbocycles. The molecule has 1 saturated carbocycles. The smallest absolute Gasteiger partial charge is 0.264 e. The van der Waals surface area contributed by atoms with E-state index >= 15 is 0 Å². The highest BCUT2D eigenvalue weighted by molar-refractivity contribution is 7.90. The number of amides is 2. The van der Waals surface area contributed by atoms with Crippen molar-refractivity contribution in [3.05, 3.63) is 58.1 Å². The van der Waals surface area contributed by atoms with E-state index in [9.17, 15) is 23.1 Å². The lowest BCUT2D eigenvalue weighted by molar-refractivity contribution is -0.132. The number of carbonyl (C=O) groups is 2. The van der Waals surface area contributed by atoms with E-state index in [1.807, 2.05) is 51.1 Å². The van der Waals surface area contributed by atoms with E-state index in [1.54, 1.807) is 13.8 Å². The Kier molecular flexibility index (Phi) is 12.8. The molecule has 0 radical (unpaired) electrons. The van der Waals surface area contributed by atoms with Crippen LogP contribution >= 0.6 is 12.4 Å². The van der Waals surface area contributed by atoms with Crippen molar-refractivity contribution in [1.82, 2.24) is 20.7 Å². The fraction of sp³-hybridized carbons (Fsp3) is 0.571. The fourth-order valence-corrected chi connectivity index (χ4v) is 8.01. The Morgan fingerprint density at radius 1 is 1.14 bits per heavy atom. The van der Waals surface area contributed by atoms with Gasteiger partial charge in [0.2, 0.25) is 11.9 Å². The van der Waals surface area contributed by atoms with Crippen molar-refractivity contribution in [3.63, 3.8) is 0 Å². The third-order valence-electron chi connectivity index (χ3n) is 9.39. The Hall–Kier alpha value is -3.43. The molecule has 13 nitrogen and oxygen atoms in total. The summed E-state index contributed by atoms with van der Waals surface area (Å²) in [7, 11) is -4.06. The van der Waals surface area contributed by atoms with E-state index in [1.165, 1.54) is 0 Å². The predicted molar refractivity (Wildman–Crippen MR) is 193 cm³/mol. The largest absolute Gasteiger partial charge is 0.487 e. The number of aliphatic imine (C=N–C) groups is 1. The Balaban J connectivity index is 0.00000562. The number of carbonyl (C=O) groups excluding carboxylic acids is 2. The molecule has 7 N–H and O–H groups in total. The molecule has 0 spiro atoms. The number of nitrogens with one attached hydrogen (secondary N) is 4. The second-order valence-electron chi connectivity index (χ2n) is 14.0. The van der Waals surface area contributed by atoms with Crippen LogP contribution in [0.1, 0.15) is 73.8 Å². The molecule has 2 aromatic carbocycles. The first kappa shape index (κ1) is 39.4. The van der Waals surface area contributed by atoms with Gasteiger partial charge in [-0.25, -0.2) is 13.1 Å². The van der Waals surface area contributed by atoms with Gasteiger partial charge in [-0.3, -0.25) is 14.6 Å². The van der Waals surface area contributed by atoms with Crippen molar-refractivity contribution in [3.8, 4) is 5.75 Å². The van der Waals surface area contributed by atoms with Crippen LogP contribution in [0.2, 0.25) is 0 Å². The zero-order valence-electron chi connectivity index (χ0n) is 29.4. The number of aliphatic hydroxyl groups excluding tert-OH is 1. The van der Waals surface area contributed by atoms with Gasteiger partial charge in [-0.1, -0.05) is 30.3 Å². The standard InChI is InChI=1S/C35H50N6O7S.ClH/c1-20-21(2)31(22(3)26-17-35(4,5)48-30(20)26)49(45,46)41-34(36)37-15-9-12-27(29(42)33(44)39-24-13-14-24)40-32(43)28-16-25(18-38-28)47-19-23-10-7-6-8-11-23;/h6-8,10-11,24-25,27-29,38,42H,9,12-19H2,1-5H3,(H,39,44)(H,40,43)(H3,36,37,41);1H/t25-,27+,28+,29?;/m1./s1. The van der Waals surface area contributed by atoms with Gasteiger partial charge in [-0.2, -0.15) is 0 Å². The molecule has 0 bridgehead atoms. The zero-order chi connectivity index (χ0) is 35.5. The average molecular weight is 735 g/mol. The maximum Gasteiger partial charge on any atom is 0.264 e. The minimum absolute atomic E-state index is 0. The van der Waals surface area contributed by atoms with Crippen LogP contribution in [0.5, 0.6) is 5.75 Å². The van der Waals surface area contributed by atoms with E-state index in [4.69, 9.17) is 15.2 Å². The molecule has 1 saturated heterocycles. The van der Waals surface area contributed by atoms with Crippen LogP contribution < -0.4 is 31.1 Å². The molecule has 4 atom stereocenters. The van der Waals surface area contributed by atoms with Gasteiger partial charge in [0.15, 0.2) is 6.10 Å². The molecule has 1 unspecified atom stereocenters. The van der Waals surface area contributed by atoms with Crippen molar-refractivity contribution < 1.29 is 32.6 Å². The second-order valence-corrected chi connectivity index (χ2v) is 15.6. The molecule has 2 fully saturated rings. The van der Waals surface area contributed by atoms with Crippen LogP contribution in [0.4, 0.5) is 0 Å². The number of guanidine groups is 1. The third-order valence-corrected chi connectivity index (χ3v) is 11.0. The summed E-state index contributed by atoms with van der Waals surface area (Å²) < 4.78 is 41.6. The predicted octanol–water partition coefficient (Wildman–Crippen LogP) is 2.19. The van der Waals surface area contributed by atoms with Crippen LogP contribution in [0.25, 0.3) is 0 Å². The van der Waals surface area contributed by atoms with Crippen molar-refractivity contribution in [2.24, 2.45) is 10.7 Å². The maximum absolute atomic E-state index is 13.5. The molecule has 276 valence electrons. The molecule has 5 rings (SSSR count). The first-order chi connectivity index (χ1) is 23.1. The van der Waals surface area contributed by atoms with Crippen LogP contribution in [0.15, 0.2) is 40.2 Å². The molecule has 15 heteroatoms. The number of hydrogen-bond acceptors (Lipinski definition) is 9. The van der Waals surface area contributed by atoms with Crippen LogP contribution in [0, 0.1) is 20.8 Å². The molecule has 50 heavy (non-hydrogen) atoms. The number of hydrogen-bond donors (Lipinski definition) is 6. The monoisotopic (exact) mass is 734 g/mol. The van der Waals surface area contributed by atoms with E-state index in [0.29, 0.717) is 43.5 Å². The topological polar surface area (TPSA) is 193 Å². The minimum Gasteiger partial charge on any atom is -0.487 e. The zero-order valence-corrected chi connectivity index (χ0v) is 31.0. The van der Waals surface area contributed by atoms with Gasteiger partial charge in [0.05, 0.1) is 29.7 Å². The highest BCUT2D eigenvalue weighted by Gasteiger charge is 2.38. The van der Waals surface area contributed by atoms with E-state index in [0.717, 1.165) is 35.3 Å². The first-order valence-electron chi connectivity index (χ1n) is 17.0.